The molecule has 0 saturated carbocycles. The molecule has 0 aliphatic heterocycles. The lowest BCUT2D eigenvalue weighted by Gasteiger charge is -2.20. The summed E-state index contributed by atoms with van der Waals surface area (Å²) in [6, 6.07) is 14.1. The molecule has 0 saturated heterocycles. The smallest absolute Gasteiger partial charge is 0.251 e. The van der Waals surface area contributed by atoms with Gasteiger partial charge >= 0.3 is 0 Å². The van der Waals surface area contributed by atoms with Crippen molar-refractivity contribution < 1.29 is 9.59 Å². The molecule has 0 spiro atoms. The molecule has 130 valence electrons. The van der Waals surface area contributed by atoms with Crippen molar-refractivity contribution >= 4 is 35.2 Å². The average molecular weight is 357 g/mol. The average Bonchev–Trinajstić information content (AvgIpc) is 2.53. The molecule has 0 atom stereocenters. The van der Waals surface area contributed by atoms with E-state index in [1.54, 1.807) is 36.4 Å². The minimum Gasteiger partial charge on any atom is -0.347 e. The van der Waals surface area contributed by atoms with E-state index in [4.69, 9.17) is 11.6 Å². The molecule has 2 amide bonds. The van der Waals surface area contributed by atoms with Crippen LogP contribution in [0.4, 0.5) is 5.69 Å². The van der Waals surface area contributed by atoms with E-state index in [1.165, 1.54) is 6.08 Å². The van der Waals surface area contributed by atoms with Gasteiger partial charge in [-0.1, -0.05) is 35.9 Å². The van der Waals surface area contributed by atoms with Crippen LogP contribution in [0, 0.1) is 0 Å². The number of hydrogen-bond acceptors (Lipinski definition) is 2. The van der Waals surface area contributed by atoms with Gasteiger partial charge in [0.15, 0.2) is 0 Å². The number of carbonyl (C=O) groups excluding carboxylic acids is 2. The summed E-state index contributed by atoms with van der Waals surface area (Å²) >= 11 is 6.05. The molecule has 0 bridgehead atoms. The summed E-state index contributed by atoms with van der Waals surface area (Å²) in [5.41, 5.74) is 1.48. The van der Waals surface area contributed by atoms with Gasteiger partial charge in [0.05, 0.1) is 0 Å². The van der Waals surface area contributed by atoms with Crippen molar-refractivity contribution in [1.82, 2.24) is 5.32 Å². The molecule has 0 aliphatic rings. The van der Waals surface area contributed by atoms with Crippen molar-refractivity contribution in [3.63, 3.8) is 0 Å². The predicted molar refractivity (Wildman–Crippen MR) is 103 cm³/mol. The number of halogens is 1. The lowest BCUT2D eigenvalue weighted by molar-refractivity contribution is -0.111. The normalized spacial score (nSPS) is 11.4. The van der Waals surface area contributed by atoms with E-state index in [2.05, 4.69) is 10.6 Å². The minimum atomic E-state index is -0.325. The Bertz CT molecular complexity index is 807. The van der Waals surface area contributed by atoms with E-state index in [9.17, 15) is 9.59 Å². The Labute approximate surface area is 152 Å². The third kappa shape index (κ3) is 6.08. The van der Waals surface area contributed by atoms with Crippen LogP contribution >= 0.6 is 11.6 Å². The van der Waals surface area contributed by atoms with Crippen LogP contribution in [0.5, 0.6) is 0 Å². The summed E-state index contributed by atoms with van der Waals surface area (Å²) in [4.78, 5) is 24.3. The second-order valence-electron chi connectivity index (χ2n) is 6.63. The Morgan fingerprint density at radius 2 is 1.76 bits per heavy atom. The Morgan fingerprint density at radius 3 is 2.44 bits per heavy atom. The van der Waals surface area contributed by atoms with Gasteiger partial charge in [-0.3, -0.25) is 9.59 Å². The van der Waals surface area contributed by atoms with Gasteiger partial charge in [-0.2, -0.15) is 0 Å². The molecule has 25 heavy (non-hydrogen) atoms. The molecule has 0 unspecified atom stereocenters. The summed E-state index contributed by atoms with van der Waals surface area (Å²) in [5, 5.41) is 6.21. The van der Waals surface area contributed by atoms with Gasteiger partial charge in [-0.15, -0.1) is 0 Å². The van der Waals surface area contributed by atoms with Gasteiger partial charge in [0, 0.05) is 27.9 Å². The van der Waals surface area contributed by atoms with Crippen LogP contribution in [0.1, 0.15) is 36.7 Å². The van der Waals surface area contributed by atoms with E-state index in [0.717, 1.165) is 5.56 Å². The molecule has 2 aromatic rings. The van der Waals surface area contributed by atoms with Crippen molar-refractivity contribution in [3.05, 3.63) is 70.8 Å². The van der Waals surface area contributed by atoms with E-state index in [0.29, 0.717) is 16.3 Å². The zero-order valence-electron chi connectivity index (χ0n) is 14.5. The third-order valence-electron chi connectivity index (χ3n) is 3.20. The molecule has 0 aliphatic carbocycles. The number of nitrogens with one attached hydrogen (secondary N) is 2. The number of hydrogen-bond donors (Lipinski definition) is 2. The topological polar surface area (TPSA) is 58.2 Å². The van der Waals surface area contributed by atoms with E-state index in [-0.39, 0.29) is 17.4 Å². The molecule has 2 rings (SSSR count). The largest absolute Gasteiger partial charge is 0.347 e. The van der Waals surface area contributed by atoms with Gasteiger partial charge < -0.3 is 10.6 Å². The molecule has 0 fully saturated rings. The van der Waals surface area contributed by atoms with E-state index >= 15 is 0 Å². The minimum absolute atomic E-state index is 0.185. The van der Waals surface area contributed by atoms with Crippen LogP contribution in [-0.2, 0) is 4.79 Å². The molecular weight excluding hydrogens is 336 g/mol. The molecule has 0 heterocycles. The van der Waals surface area contributed by atoms with Crippen molar-refractivity contribution in [2.45, 2.75) is 26.3 Å². The van der Waals surface area contributed by atoms with E-state index < -0.39 is 0 Å². The number of amides is 2. The maximum atomic E-state index is 12.2. The van der Waals surface area contributed by atoms with Crippen LogP contribution in [-0.4, -0.2) is 17.4 Å². The summed E-state index contributed by atoms with van der Waals surface area (Å²) in [5.74, 6) is -0.483. The second-order valence-corrected chi connectivity index (χ2v) is 7.04. The van der Waals surface area contributed by atoms with Gasteiger partial charge in [0.1, 0.15) is 0 Å². The maximum Gasteiger partial charge on any atom is 0.251 e. The molecule has 5 heteroatoms. The fourth-order valence-corrected chi connectivity index (χ4v) is 2.31. The highest BCUT2D eigenvalue weighted by molar-refractivity contribution is 6.32. The van der Waals surface area contributed by atoms with E-state index in [1.807, 2.05) is 39.0 Å². The number of rotatable bonds is 4. The monoisotopic (exact) mass is 356 g/mol. The lowest BCUT2D eigenvalue weighted by Crippen LogP contribution is -2.40. The van der Waals surface area contributed by atoms with Crippen molar-refractivity contribution in [2.24, 2.45) is 0 Å². The fourth-order valence-electron chi connectivity index (χ4n) is 2.11. The summed E-state index contributed by atoms with van der Waals surface area (Å²) in [7, 11) is 0. The second kappa shape index (κ2) is 7.99. The zero-order chi connectivity index (χ0) is 18.4. The Balaban J connectivity index is 2.05. The van der Waals surface area contributed by atoms with Crippen LogP contribution in [0.15, 0.2) is 54.6 Å². The van der Waals surface area contributed by atoms with Gasteiger partial charge in [0.2, 0.25) is 5.91 Å². The van der Waals surface area contributed by atoms with Gasteiger partial charge in [0.25, 0.3) is 5.91 Å². The molecule has 0 aromatic heterocycles. The van der Waals surface area contributed by atoms with Gasteiger partial charge in [-0.05, 0) is 56.7 Å². The first kappa shape index (κ1) is 18.7. The first-order chi connectivity index (χ1) is 11.7. The highest BCUT2D eigenvalue weighted by Crippen LogP contribution is 2.17. The summed E-state index contributed by atoms with van der Waals surface area (Å²) in [6.45, 7) is 5.74. The van der Waals surface area contributed by atoms with Crippen molar-refractivity contribution in [3.8, 4) is 0 Å². The highest BCUT2D eigenvalue weighted by Gasteiger charge is 2.15. The van der Waals surface area contributed by atoms with Crippen LogP contribution < -0.4 is 10.6 Å². The molecule has 0 radical (unpaired) electrons. The summed E-state index contributed by atoms with van der Waals surface area (Å²) in [6.07, 6.45) is 3.05. The quantitative estimate of drug-likeness (QED) is 0.791. The van der Waals surface area contributed by atoms with Crippen LogP contribution in [0.2, 0.25) is 5.02 Å². The Hall–Kier alpha value is -2.59. The fraction of sp³-hybridized carbons (Fsp3) is 0.200. The van der Waals surface area contributed by atoms with Gasteiger partial charge in [-0.25, -0.2) is 0 Å². The van der Waals surface area contributed by atoms with Crippen molar-refractivity contribution in [1.29, 1.82) is 0 Å². The Kier molecular flexibility index (Phi) is 5.99. The molecular formula is C20H21ClN2O2. The number of carbonyl (C=O) groups is 2. The zero-order valence-corrected chi connectivity index (χ0v) is 15.2. The number of anilines is 1. The standard InChI is InChI=1S/C20H21ClN2O2/c1-20(2,3)23-19(25)15-8-6-9-16(13-15)22-18(24)12-11-14-7-4-5-10-17(14)21/h4-13H,1-3H3,(H,22,24)(H,23,25). The molecule has 4 nitrogen and oxygen atoms in total. The first-order valence-corrected chi connectivity index (χ1v) is 8.28. The number of benzene rings is 2. The lowest BCUT2D eigenvalue weighted by atomic mass is 10.1. The predicted octanol–water partition coefficient (Wildman–Crippen LogP) is 4.52. The SMILES string of the molecule is CC(C)(C)NC(=O)c1cccc(NC(=O)C=Cc2ccccc2Cl)c1. The van der Waals surface area contributed by atoms with Crippen molar-refractivity contribution in [2.75, 3.05) is 5.32 Å². The molecule has 2 aromatic carbocycles. The third-order valence-corrected chi connectivity index (χ3v) is 3.54. The highest BCUT2D eigenvalue weighted by atomic mass is 35.5. The summed E-state index contributed by atoms with van der Waals surface area (Å²) < 4.78 is 0. The van der Waals surface area contributed by atoms with Crippen LogP contribution in [0.25, 0.3) is 6.08 Å². The maximum absolute atomic E-state index is 12.2. The Morgan fingerprint density at radius 1 is 1.04 bits per heavy atom. The first-order valence-electron chi connectivity index (χ1n) is 7.91. The molecule has 2 N–H and O–H groups in total. The van der Waals surface area contributed by atoms with Crippen LogP contribution in [0.3, 0.4) is 0 Å².